The molecule has 0 spiro atoms. The van der Waals surface area contributed by atoms with Crippen molar-refractivity contribution in [3.05, 3.63) is 70.6 Å². The van der Waals surface area contributed by atoms with Crippen LogP contribution in [0, 0.1) is 0 Å². The van der Waals surface area contributed by atoms with E-state index in [1.165, 1.54) is 16.0 Å². The van der Waals surface area contributed by atoms with Crippen molar-refractivity contribution in [3.63, 3.8) is 0 Å². The quantitative estimate of drug-likeness (QED) is 0.530. The van der Waals surface area contributed by atoms with Gasteiger partial charge in [0.2, 0.25) is 5.82 Å². The molecule has 0 bridgehead atoms. The molecule has 0 atom stereocenters. The number of ketones is 1. The average molecular weight is 377 g/mol. The predicted molar refractivity (Wildman–Crippen MR) is 101 cm³/mol. The number of carbonyl (C=O) groups is 1. The zero-order valence-electron chi connectivity index (χ0n) is 14.4. The Bertz CT molecular complexity index is 1120. The first-order chi connectivity index (χ1) is 13.1. The zero-order chi connectivity index (χ0) is 18.8. The molecular formula is C18H15N7OS. The second-order valence-corrected chi connectivity index (χ2v) is 6.74. The molecular weight excluding hydrogens is 362 g/mol. The molecule has 4 rings (SSSR count). The van der Waals surface area contributed by atoms with Gasteiger partial charge in [0.15, 0.2) is 0 Å². The summed E-state index contributed by atoms with van der Waals surface area (Å²) < 4.78 is 1.33. The molecule has 1 aromatic carbocycles. The fourth-order valence-corrected chi connectivity index (χ4v) is 3.57. The normalized spacial score (nSPS) is 10.9. The maximum atomic E-state index is 12.5. The number of pyridine rings is 1. The Hall–Kier alpha value is -3.46. The summed E-state index contributed by atoms with van der Waals surface area (Å²) in [5.41, 5.74) is 9.00. The first kappa shape index (κ1) is 17.0. The summed E-state index contributed by atoms with van der Waals surface area (Å²) in [6, 6.07) is 13.5. The smallest absolute Gasteiger partial charge is 0.251 e. The molecule has 0 saturated heterocycles. The molecule has 0 amide bonds. The van der Waals surface area contributed by atoms with Crippen LogP contribution in [0.2, 0.25) is 0 Å². The highest BCUT2D eigenvalue weighted by atomic mass is 32.1. The summed E-state index contributed by atoms with van der Waals surface area (Å²) in [5, 5.41) is 13.4. The molecule has 0 radical (unpaired) electrons. The van der Waals surface area contributed by atoms with Gasteiger partial charge < -0.3 is 5.73 Å². The molecule has 0 aliphatic carbocycles. The Balaban J connectivity index is 1.66. The van der Waals surface area contributed by atoms with Crippen LogP contribution in [-0.2, 0) is 13.5 Å². The van der Waals surface area contributed by atoms with Gasteiger partial charge in [-0.15, -0.1) is 16.4 Å². The number of anilines is 1. The molecule has 4 aromatic rings. The summed E-state index contributed by atoms with van der Waals surface area (Å²) >= 11 is 1.41. The third-order valence-corrected chi connectivity index (χ3v) is 4.88. The van der Waals surface area contributed by atoms with E-state index in [9.17, 15) is 4.79 Å². The van der Waals surface area contributed by atoms with E-state index in [0.29, 0.717) is 17.9 Å². The molecule has 0 aliphatic heterocycles. The summed E-state index contributed by atoms with van der Waals surface area (Å²) in [6.45, 7) is 0. The molecule has 3 aromatic heterocycles. The van der Waals surface area contributed by atoms with Crippen LogP contribution in [0.4, 0.5) is 5.82 Å². The molecule has 8 nitrogen and oxygen atoms in total. The van der Waals surface area contributed by atoms with Crippen molar-refractivity contribution < 1.29 is 4.79 Å². The van der Waals surface area contributed by atoms with Gasteiger partial charge in [0, 0.05) is 30.1 Å². The molecule has 134 valence electrons. The minimum absolute atomic E-state index is 0.157. The van der Waals surface area contributed by atoms with Crippen molar-refractivity contribution in [2.45, 2.75) is 6.42 Å². The lowest BCUT2D eigenvalue weighted by Crippen LogP contribution is -2.10. The maximum absolute atomic E-state index is 12.5. The van der Waals surface area contributed by atoms with Gasteiger partial charge in [-0.3, -0.25) is 4.79 Å². The highest BCUT2D eigenvalue weighted by Gasteiger charge is 2.20. The second kappa shape index (κ2) is 7.04. The van der Waals surface area contributed by atoms with Gasteiger partial charge in [0.25, 0.3) is 5.78 Å². The van der Waals surface area contributed by atoms with Gasteiger partial charge in [-0.05, 0) is 28.1 Å². The maximum Gasteiger partial charge on any atom is 0.251 e. The van der Waals surface area contributed by atoms with Crippen LogP contribution in [0.5, 0.6) is 0 Å². The fraction of sp³-hybridized carbons (Fsp3) is 0.111. The van der Waals surface area contributed by atoms with E-state index < -0.39 is 0 Å². The topological polar surface area (TPSA) is 112 Å². The number of nitrogens with zero attached hydrogens (tertiary/aromatic N) is 6. The molecule has 0 aliphatic rings. The van der Waals surface area contributed by atoms with Gasteiger partial charge in [-0.1, -0.05) is 30.3 Å². The van der Waals surface area contributed by atoms with Crippen LogP contribution in [0.1, 0.15) is 27.6 Å². The largest absolute Gasteiger partial charge is 0.384 e. The van der Waals surface area contributed by atoms with Gasteiger partial charge >= 0.3 is 0 Å². The van der Waals surface area contributed by atoms with E-state index in [1.54, 1.807) is 18.5 Å². The first-order valence-electron chi connectivity index (χ1n) is 8.14. The van der Waals surface area contributed by atoms with Gasteiger partial charge in [-0.25, -0.2) is 14.6 Å². The van der Waals surface area contributed by atoms with Crippen LogP contribution in [-0.4, -0.2) is 36.0 Å². The van der Waals surface area contributed by atoms with Crippen molar-refractivity contribution in [2.75, 3.05) is 5.73 Å². The summed E-state index contributed by atoms with van der Waals surface area (Å²) in [5.74, 6) is 0.341. The van der Waals surface area contributed by atoms with Gasteiger partial charge in [-0.2, -0.15) is 0 Å². The lowest BCUT2D eigenvalue weighted by Gasteiger charge is -2.07. The number of nitrogens with two attached hydrogens (primary N) is 1. The molecule has 2 N–H and O–H groups in total. The lowest BCUT2D eigenvalue weighted by molar-refractivity contribution is 0.102. The van der Waals surface area contributed by atoms with E-state index in [0.717, 1.165) is 21.8 Å². The minimum atomic E-state index is -0.306. The van der Waals surface area contributed by atoms with Gasteiger partial charge in [0.1, 0.15) is 16.5 Å². The molecule has 3 heterocycles. The number of hydrogen-bond donors (Lipinski definition) is 1. The van der Waals surface area contributed by atoms with Crippen LogP contribution in [0.15, 0.2) is 47.8 Å². The molecule has 0 fully saturated rings. The Morgan fingerprint density at radius 1 is 1.15 bits per heavy atom. The lowest BCUT2D eigenvalue weighted by atomic mass is 10.0. The monoisotopic (exact) mass is 377 g/mol. The second-order valence-electron chi connectivity index (χ2n) is 5.88. The van der Waals surface area contributed by atoms with Crippen molar-refractivity contribution in [2.24, 2.45) is 7.05 Å². The van der Waals surface area contributed by atoms with Crippen LogP contribution < -0.4 is 5.73 Å². The Kier molecular flexibility index (Phi) is 4.43. The van der Waals surface area contributed by atoms with E-state index in [-0.39, 0.29) is 11.6 Å². The Morgan fingerprint density at radius 2 is 2.00 bits per heavy atom. The molecule has 0 unspecified atom stereocenters. The number of thiazole rings is 1. The highest BCUT2D eigenvalue weighted by Crippen LogP contribution is 2.29. The fourth-order valence-electron chi connectivity index (χ4n) is 2.71. The number of rotatable bonds is 5. The summed E-state index contributed by atoms with van der Waals surface area (Å²) in [7, 11) is 1.62. The predicted octanol–water partition coefficient (Wildman–Crippen LogP) is 2.13. The van der Waals surface area contributed by atoms with Crippen molar-refractivity contribution >= 4 is 22.9 Å². The zero-order valence-corrected chi connectivity index (χ0v) is 15.2. The minimum Gasteiger partial charge on any atom is -0.384 e. The number of aromatic nitrogens is 6. The van der Waals surface area contributed by atoms with Crippen LogP contribution in [0.3, 0.4) is 0 Å². The molecule has 27 heavy (non-hydrogen) atoms. The summed E-state index contributed by atoms with van der Waals surface area (Å²) in [4.78, 5) is 21.4. The Labute approximate surface area is 158 Å². The molecule has 9 heteroatoms. The van der Waals surface area contributed by atoms with E-state index >= 15 is 0 Å². The van der Waals surface area contributed by atoms with E-state index in [4.69, 9.17) is 5.73 Å². The number of benzene rings is 1. The number of hydrogen-bond acceptors (Lipinski definition) is 8. The molecule has 0 saturated carbocycles. The van der Waals surface area contributed by atoms with E-state index in [1.807, 2.05) is 36.4 Å². The third-order valence-electron chi connectivity index (χ3n) is 4.01. The van der Waals surface area contributed by atoms with Crippen LogP contribution in [0.25, 0.3) is 10.6 Å². The third kappa shape index (κ3) is 3.44. The van der Waals surface area contributed by atoms with Crippen molar-refractivity contribution in [3.8, 4) is 10.6 Å². The number of tetrazole rings is 1. The van der Waals surface area contributed by atoms with Gasteiger partial charge in [0.05, 0.1) is 0 Å². The van der Waals surface area contributed by atoms with Crippen molar-refractivity contribution in [1.82, 2.24) is 30.2 Å². The van der Waals surface area contributed by atoms with E-state index in [2.05, 4.69) is 25.5 Å². The first-order valence-corrected chi connectivity index (χ1v) is 9.02. The van der Waals surface area contributed by atoms with Crippen molar-refractivity contribution in [1.29, 1.82) is 0 Å². The summed E-state index contributed by atoms with van der Waals surface area (Å²) in [6.07, 6.45) is 0.622. The highest BCUT2D eigenvalue weighted by molar-refractivity contribution is 7.13. The number of carbonyl (C=O) groups excluding carboxylic acids is 1. The SMILES string of the molecule is Cn1nnnc1C(=O)c1csc(-c2ccccc2Cc2cccc(N)n2)n1. The Morgan fingerprint density at radius 3 is 2.78 bits per heavy atom. The number of aryl methyl sites for hydroxylation is 1. The average Bonchev–Trinajstić information content (AvgIpc) is 3.31. The van der Waals surface area contributed by atoms with Crippen LogP contribution >= 0.6 is 11.3 Å². The number of nitrogen functional groups attached to an aromatic ring is 1. The standard InChI is InChI=1S/C18H15N7OS/c1-25-17(22-23-24-25)16(26)14-10-27-18(21-14)13-7-3-2-5-11(13)9-12-6-4-8-15(19)20-12/h2-8,10H,9H2,1H3,(H2,19,20).